The number of rotatable bonds is 3. The Morgan fingerprint density at radius 3 is 2.62 bits per heavy atom. The molecule has 6 heteroatoms. The lowest BCUT2D eigenvalue weighted by atomic mass is 10.1. The number of aromatic nitrogens is 2. The van der Waals surface area contributed by atoms with E-state index in [1.165, 1.54) is 11.0 Å². The van der Waals surface area contributed by atoms with Gasteiger partial charge in [-0.3, -0.25) is 14.5 Å². The topological polar surface area (TPSA) is 58.4 Å². The van der Waals surface area contributed by atoms with E-state index in [-0.39, 0.29) is 11.8 Å². The Bertz CT molecular complexity index is 792. The van der Waals surface area contributed by atoms with Gasteiger partial charge in [-0.05, 0) is 43.7 Å². The normalized spacial score (nSPS) is 13.3. The maximum Gasteiger partial charge on any atom is 0.259 e. The van der Waals surface area contributed by atoms with Crippen LogP contribution in [0.1, 0.15) is 22.5 Å². The zero-order valence-corrected chi connectivity index (χ0v) is 13.9. The predicted octanol–water partition coefficient (Wildman–Crippen LogP) is 2.39. The van der Waals surface area contributed by atoms with Crippen molar-refractivity contribution in [2.75, 3.05) is 23.4 Å². The van der Waals surface area contributed by atoms with Gasteiger partial charge >= 0.3 is 0 Å². The van der Waals surface area contributed by atoms with E-state index in [0.29, 0.717) is 12.1 Å². The van der Waals surface area contributed by atoms with Gasteiger partial charge in [0.05, 0.1) is 5.69 Å². The van der Waals surface area contributed by atoms with E-state index in [0.717, 1.165) is 30.2 Å². The predicted molar refractivity (Wildman–Crippen MR) is 93.3 cm³/mol. The highest BCUT2D eigenvalue weighted by Gasteiger charge is 2.25. The molecule has 0 unspecified atom stereocenters. The molecule has 0 saturated heterocycles. The Balaban J connectivity index is 1.84. The van der Waals surface area contributed by atoms with Gasteiger partial charge in [-0.25, -0.2) is 4.68 Å². The number of hydrogen-bond donors (Lipinski definition) is 0. The summed E-state index contributed by atoms with van der Waals surface area (Å²) < 4.78 is 1.88. The van der Waals surface area contributed by atoms with Crippen molar-refractivity contribution in [2.24, 2.45) is 0 Å². The third kappa shape index (κ3) is 2.82. The lowest BCUT2D eigenvalue weighted by Crippen LogP contribution is -2.37. The van der Waals surface area contributed by atoms with Crippen LogP contribution in [0, 0.1) is 6.92 Å². The minimum Gasteiger partial charge on any atom is -0.312 e. The summed E-state index contributed by atoms with van der Waals surface area (Å²) in [4.78, 5) is 27.7. The van der Waals surface area contributed by atoms with E-state index in [9.17, 15) is 9.59 Å². The van der Waals surface area contributed by atoms with E-state index in [4.69, 9.17) is 0 Å². The first-order valence-corrected chi connectivity index (χ1v) is 7.88. The first-order valence-electron chi connectivity index (χ1n) is 7.88. The Morgan fingerprint density at radius 1 is 1.25 bits per heavy atom. The van der Waals surface area contributed by atoms with Gasteiger partial charge in [0, 0.05) is 37.5 Å². The van der Waals surface area contributed by atoms with Crippen LogP contribution >= 0.6 is 0 Å². The first-order chi connectivity index (χ1) is 11.5. The van der Waals surface area contributed by atoms with Crippen LogP contribution in [-0.2, 0) is 11.3 Å². The Labute approximate surface area is 141 Å². The molecule has 1 aliphatic rings. The fourth-order valence-electron chi connectivity index (χ4n) is 2.86. The molecule has 2 aromatic rings. The molecule has 0 atom stereocenters. The molecule has 24 heavy (non-hydrogen) atoms. The molecule has 1 aromatic carbocycles. The summed E-state index contributed by atoms with van der Waals surface area (Å²) in [5.74, 6) is 0.594. The molecule has 0 radical (unpaired) electrons. The highest BCUT2D eigenvalue weighted by atomic mass is 16.2. The van der Waals surface area contributed by atoms with Crippen LogP contribution in [0.25, 0.3) is 0 Å². The molecule has 0 bridgehead atoms. The minimum atomic E-state index is -0.190. The number of aryl methyl sites for hydroxylation is 2. The van der Waals surface area contributed by atoms with Gasteiger partial charge in [0.15, 0.2) is 0 Å². The van der Waals surface area contributed by atoms with E-state index >= 15 is 0 Å². The van der Waals surface area contributed by atoms with E-state index in [1.54, 1.807) is 36.2 Å². The molecule has 2 heterocycles. The SMILES string of the molecule is C=CC(=O)N(C)c1ccc(C(=O)N2CCCn3nc(C)cc32)cc1. The smallest absolute Gasteiger partial charge is 0.259 e. The number of carbonyl (C=O) groups is 2. The van der Waals surface area contributed by atoms with Gasteiger partial charge in [-0.15, -0.1) is 0 Å². The number of anilines is 2. The lowest BCUT2D eigenvalue weighted by Gasteiger charge is -2.27. The molecule has 3 rings (SSSR count). The van der Waals surface area contributed by atoms with Crippen molar-refractivity contribution < 1.29 is 9.59 Å². The fourth-order valence-corrected chi connectivity index (χ4v) is 2.86. The van der Waals surface area contributed by atoms with E-state index in [2.05, 4.69) is 11.7 Å². The maximum atomic E-state index is 12.8. The average molecular weight is 324 g/mol. The Kier molecular flexibility index (Phi) is 4.20. The van der Waals surface area contributed by atoms with E-state index < -0.39 is 0 Å². The van der Waals surface area contributed by atoms with Crippen molar-refractivity contribution in [3.63, 3.8) is 0 Å². The molecule has 6 nitrogen and oxygen atoms in total. The second kappa shape index (κ2) is 6.31. The van der Waals surface area contributed by atoms with Gasteiger partial charge in [0.2, 0.25) is 5.91 Å². The molecule has 1 aliphatic heterocycles. The van der Waals surface area contributed by atoms with Gasteiger partial charge in [0.25, 0.3) is 5.91 Å². The van der Waals surface area contributed by atoms with Crippen molar-refractivity contribution in [3.05, 3.63) is 54.2 Å². The van der Waals surface area contributed by atoms with Crippen LogP contribution in [0.5, 0.6) is 0 Å². The quantitative estimate of drug-likeness (QED) is 0.815. The van der Waals surface area contributed by atoms with Gasteiger partial charge in [-0.1, -0.05) is 6.58 Å². The standard InChI is InChI=1S/C18H20N4O2/c1-4-17(23)20(3)15-8-6-14(7-9-15)18(24)21-10-5-11-22-16(21)12-13(2)19-22/h4,6-9,12H,1,5,10-11H2,2-3H3. The van der Waals surface area contributed by atoms with Crippen LogP contribution in [0.15, 0.2) is 43.0 Å². The van der Waals surface area contributed by atoms with Crippen molar-refractivity contribution in [1.82, 2.24) is 9.78 Å². The zero-order chi connectivity index (χ0) is 17.3. The number of fused-ring (bicyclic) bond motifs is 1. The highest BCUT2D eigenvalue weighted by molar-refractivity contribution is 6.06. The third-order valence-electron chi connectivity index (χ3n) is 4.16. The summed E-state index contributed by atoms with van der Waals surface area (Å²) in [6.07, 6.45) is 2.14. The van der Waals surface area contributed by atoms with Crippen molar-refractivity contribution in [3.8, 4) is 0 Å². The van der Waals surface area contributed by atoms with Crippen molar-refractivity contribution in [1.29, 1.82) is 0 Å². The van der Waals surface area contributed by atoms with Crippen LogP contribution in [-0.4, -0.2) is 35.2 Å². The maximum absolute atomic E-state index is 12.8. The summed E-state index contributed by atoms with van der Waals surface area (Å²) in [6, 6.07) is 8.95. The summed E-state index contributed by atoms with van der Waals surface area (Å²) in [5.41, 5.74) is 2.21. The molecular weight excluding hydrogens is 304 g/mol. The van der Waals surface area contributed by atoms with Crippen LogP contribution in [0.4, 0.5) is 11.5 Å². The summed E-state index contributed by atoms with van der Waals surface area (Å²) in [7, 11) is 1.67. The highest BCUT2D eigenvalue weighted by Crippen LogP contribution is 2.24. The number of hydrogen-bond acceptors (Lipinski definition) is 3. The largest absolute Gasteiger partial charge is 0.312 e. The fraction of sp³-hybridized carbons (Fsp3) is 0.278. The molecule has 0 saturated carbocycles. The van der Waals surface area contributed by atoms with Crippen LogP contribution in [0.2, 0.25) is 0 Å². The molecule has 0 spiro atoms. The van der Waals surface area contributed by atoms with Crippen LogP contribution < -0.4 is 9.80 Å². The monoisotopic (exact) mass is 324 g/mol. The number of carbonyl (C=O) groups excluding carboxylic acids is 2. The number of benzene rings is 1. The summed E-state index contributed by atoms with van der Waals surface area (Å²) in [6.45, 7) is 6.92. The van der Waals surface area contributed by atoms with Crippen molar-refractivity contribution in [2.45, 2.75) is 19.9 Å². The third-order valence-corrected chi connectivity index (χ3v) is 4.16. The lowest BCUT2D eigenvalue weighted by molar-refractivity contribution is -0.113. The number of nitrogens with zero attached hydrogens (tertiary/aromatic N) is 4. The Hall–Kier alpha value is -2.89. The molecule has 2 amide bonds. The second-order valence-electron chi connectivity index (χ2n) is 5.83. The van der Waals surface area contributed by atoms with Gasteiger partial charge in [-0.2, -0.15) is 5.10 Å². The average Bonchev–Trinajstić information content (AvgIpc) is 3.00. The van der Waals surface area contributed by atoms with Gasteiger partial charge < -0.3 is 4.90 Å². The summed E-state index contributed by atoms with van der Waals surface area (Å²) in [5, 5.41) is 4.41. The van der Waals surface area contributed by atoms with E-state index in [1.807, 2.05) is 17.7 Å². The van der Waals surface area contributed by atoms with Crippen LogP contribution in [0.3, 0.4) is 0 Å². The molecule has 0 fully saturated rings. The Morgan fingerprint density at radius 2 is 1.96 bits per heavy atom. The molecular formula is C18H20N4O2. The van der Waals surface area contributed by atoms with Crippen molar-refractivity contribution >= 4 is 23.3 Å². The number of amides is 2. The zero-order valence-electron chi connectivity index (χ0n) is 13.9. The molecule has 0 N–H and O–H groups in total. The number of likely N-dealkylation sites (N-methyl/N-ethyl adjacent to an activating group) is 1. The van der Waals surface area contributed by atoms with Gasteiger partial charge in [0.1, 0.15) is 5.82 Å². The molecule has 0 aliphatic carbocycles. The second-order valence-corrected chi connectivity index (χ2v) is 5.83. The first kappa shape index (κ1) is 16.0. The minimum absolute atomic E-state index is 0.0555. The molecule has 124 valence electrons. The summed E-state index contributed by atoms with van der Waals surface area (Å²) >= 11 is 0. The molecule has 1 aromatic heterocycles.